The second-order valence-electron chi connectivity index (χ2n) is 9.46. The fourth-order valence-electron chi connectivity index (χ4n) is 1.47. The van der Waals surface area contributed by atoms with Crippen LogP contribution in [0.15, 0.2) is 23.5 Å². The minimum Gasteiger partial charge on any atom is -0.489 e. The van der Waals surface area contributed by atoms with Gasteiger partial charge in [-0.05, 0) is 62.3 Å². The van der Waals surface area contributed by atoms with E-state index in [-0.39, 0.29) is 23.9 Å². The van der Waals surface area contributed by atoms with E-state index in [9.17, 15) is 14.4 Å². The van der Waals surface area contributed by atoms with Gasteiger partial charge in [0.1, 0.15) is 12.9 Å². The summed E-state index contributed by atoms with van der Waals surface area (Å²) >= 11 is 0. The summed E-state index contributed by atoms with van der Waals surface area (Å²) in [6.45, 7) is 15.0. The number of carbonyl (C=O) groups is 3. The highest BCUT2D eigenvalue weighted by Gasteiger charge is 2.35. The van der Waals surface area contributed by atoms with Crippen LogP contribution >= 0.6 is 0 Å². The molecule has 1 aliphatic rings. The van der Waals surface area contributed by atoms with Crippen LogP contribution in [-0.2, 0) is 33.3 Å². The molecule has 0 fully saturated rings. The summed E-state index contributed by atoms with van der Waals surface area (Å²) in [5.41, 5.74) is -2.39. The van der Waals surface area contributed by atoms with Crippen LogP contribution in [0.2, 0.25) is 0 Å². The molecule has 0 saturated carbocycles. The molecule has 1 rings (SSSR count). The molecule has 0 amide bonds. The van der Waals surface area contributed by atoms with Crippen molar-refractivity contribution < 1.29 is 33.3 Å². The van der Waals surface area contributed by atoms with Crippen LogP contribution in [-0.4, -0.2) is 24.5 Å². The van der Waals surface area contributed by atoms with Gasteiger partial charge in [-0.2, -0.15) is 0 Å². The van der Waals surface area contributed by atoms with Gasteiger partial charge < -0.3 is 18.9 Å². The molecule has 7 heteroatoms. The first-order chi connectivity index (χ1) is 12.0. The standard InChI is InChI=1S/C20H30O7/c1-18(2,3)15(21)25-12-10-24-11-13(26-16(22)19(4,5)6)14(12)27-17(23)20(7,8)9/h10H,11H2,1-9H3. The first-order valence-corrected chi connectivity index (χ1v) is 8.75. The molecule has 0 atom stereocenters. The van der Waals surface area contributed by atoms with Crippen molar-refractivity contribution in [3.8, 4) is 0 Å². The Kier molecular flexibility index (Phi) is 6.52. The lowest BCUT2D eigenvalue weighted by atomic mass is 9.97. The van der Waals surface area contributed by atoms with Crippen LogP contribution in [0.4, 0.5) is 0 Å². The topological polar surface area (TPSA) is 88.1 Å². The van der Waals surface area contributed by atoms with E-state index >= 15 is 0 Å². The molecular weight excluding hydrogens is 352 g/mol. The van der Waals surface area contributed by atoms with Crippen LogP contribution in [0.5, 0.6) is 0 Å². The number of carbonyl (C=O) groups excluding carboxylic acids is 3. The molecule has 0 unspecified atom stereocenters. The molecule has 1 aliphatic heterocycles. The summed E-state index contributed by atoms with van der Waals surface area (Å²) < 4.78 is 21.4. The molecule has 7 nitrogen and oxygen atoms in total. The largest absolute Gasteiger partial charge is 0.489 e. The van der Waals surface area contributed by atoms with Crippen LogP contribution in [0.1, 0.15) is 62.3 Å². The molecule has 0 aliphatic carbocycles. The van der Waals surface area contributed by atoms with E-state index in [0.29, 0.717) is 0 Å². The SMILES string of the molecule is CC(C)(C)C(=O)OC1=COCC(OC(=O)C(C)(C)C)=C1OC(=O)C(C)(C)C. The van der Waals surface area contributed by atoms with E-state index in [1.807, 2.05) is 0 Å². The van der Waals surface area contributed by atoms with Crippen LogP contribution in [0.3, 0.4) is 0 Å². The van der Waals surface area contributed by atoms with Crippen molar-refractivity contribution in [2.75, 3.05) is 6.61 Å². The lowest BCUT2D eigenvalue weighted by molar-refractivity contribution is -0.156. The Hall–Kier alpha value is -2.31. The fraction of sp³-hybridized carbons (Fsp3) is 0.650. The third kappa shape index (κ3) is 6.41. The quantitative estimate of drug-likeness (QED) is 0.541. The average molecular weight is 382 g/mol. The zero-order valence-electron chi connectivity index (χ0n) is 17.6. The van der Waals surface area contributed by atoms with E-state index < -0.39 is 34.2 Å². The second-order valence-corrected chi connectivity index (χ2v) is 9.46. The average Bonchev–Trinajstić information content (AvgIpc) is 2.47. The molecule has 1 heterocycles. The van der Waals surface area contributed by atoms with Crippen molar-refractivity contribution in [3.05, 3.63) is 23.5 Å². The third-order valence-electron chi connectivity index (χ3n) is 3.33. The molecule has 0 aromatic carbocycles. The van der Waals surface area contributed by atoms with Crippen LogP contribution in [0.25, 0.3) is 0 Å². The smallest absolute Gasteiger partial charge is 0.316 e. The predicted molar refractivity (Wildman–Crippen MR) is 97.7 cm³/mol. The highest BCUT2D eigenvalue weighted by atomic mass is 16.6. The number of rotatable bonds is 3. The van der Waals surface area contributed by atoms with Gasteiger partial charge in [0, 0.05) is 0 Å². The minimum absolute atomic E-state index is 0.0215. The molecule has 0 aromatic heterocycles. The molecule has 0 radical (unpaired) electrons. The van der Waals surface area contributed by atoms with Crippen LogP contribution < -0.4 is 0 Å². The van der Waals surface area contributed by atoms with Gasteiger partial charge in [0.2, 0.25) is 11.5 Å². The van der Waals surface area contributed by atoms with Crippen molar-refractivity contribution >= 4 is 17.9 Å². The van der Waals surface area contributed by atoms with Gasteiger partial charge in [-0.25, -0.2) is 0 Å². The number of hydrogen-bond donors (Lipinski definition) is 0. The third-order valence-corrected chi connectivity index (χ3v) is 3.33. The maximum absolute atomic E-state index is 12.4. The lowest BCUT2D eigenvalue weighted by Crippen LogP contribution is -2.30. The summed E-state index contributed by atoms with van der Waals surface area (Å²) in [7, 11) is 0. The Morgan fingerprint density at radius 1 is 0.741 bits per heavy atom. The first kappa shape index (κ1) is 22.7. The van der Waals surface area contributed by atoms with Gasteiger partial charge in [0.05, 0.1) is 16.2 Å². The first-order valence-electron chi connectivity index (χ1n) is 8.75. The minimum atomic E-state index is -0.816. The zero-order valence-corrected chi connectivity index (χ0v) is 17.6. The number of esters is 3. The van der Waals surface area contributed by atoms with Gasteiger partial charge in [-0.15, -0.1) is 0 Å². The normalized spacial score (nSPS) is 15.5. The van der Waals surface area contributed by atoms with E-state index in [2.05, 4.69) is 0 Å². The highest BCUT2D eigenvalue weighted by Crippen LogP contribution is 2.30. The number of hydrogen-bond acceptors (Lipinski definition) is 7. The summed E-state index contributed by atoms with van der Waals surface area (Å²) in [6, 6.07) is 0. The van der Waals surface area contributed by atoms with Gasteiger partial charge in [-0.1, -0.05) is 0 Å². The zero-order chi connectivity index (χ0) is 21.2. The van der Waals surface area contributed by atoms with Gasteiger partial charge in [0.25, 0.3) is 0 Å². The van der Waals surface area contributed by atoms with Gasteiger partial charge in [0.15, 0.2) is 5.76 Å². The Bertz CT molecular complexity index is 677. The molecule has 0 saturated heterocycles. The van der Waals surface area contributed by atoms with Gasteiger partial charge >= 0.3 is 17.9 Å². The fourth-order valence-corrected chi connectivity index (χ4v) is 1.47. The summed E-state index contributed by atoms with van der Waals surface area (Å²) in [4.78, 5) is 36.9. The molecule has 27 heavy (non-hydrogen) atoms. The monoisotopic (exact) mass is 382 g/mol. The molecular formula is C20H30O7. The maximum Gasteiger partial charge on any atom is 0.316 e. The molecule has 0 aromatic rings. The van der Waals surface area contributed by atoms with Crippen molar-refractivity contribution in [1.82, 2.24) is 0 Å². The van der Waals surface area contributed by atoms with E-state index in [1.54, 1.807) is 62.3 Å². The summed E-state index contributed by atoms with van der Waals surface area (Å²) in [6.07, 6.45) is 1.17. The molecule has 0 bridgehead atoms. The van der Waals surface area contributed by atoms with Crippen molar-refractivity contribution in [2.24, 2.45) is 16.2 Å². The second kappa shape index (κ2) is 7.74. The summed E-state index contributed by atoms with van der Waals surface area (Å²) in [5.74, 6) is -1.92. The Morgan fingerprint density at radius 2 is 1.15 bits per heavy atom. The Balaban J connectivity index is 3.28. The maximum atomic E-state index is 12.4. The lowest BCUT2D eigenvalue weighted by Gasteiger charge is -2.26. The Morgan fingerprint density at radius 3 is 1.59 bits per heavy atom. The van der Waals surface area contributed by atoms with E-state index in [1.165, 1.54) is 6.26 Å². The van der Waals surface area contributed by atoms with Crippen molar-refractivity contribution in [2.45, 2.75) is 62.3 Å². The molecule has 0 spiro atoms. The molecule has 0 N–H and O–H groups in total. The Labute approximate surface area is 160 Å². The predicted octanol–water partition coefficient (Wildman–Crippen LogP) is 3.84. The molecule has 152 valence electrons. The summed E-state index contributed by atoms with van der Waals surface area (Å²) in [5, 5.41) is 0. The highest BCUT2D eigenvalue weighted by molar-refractivity contribution is 5.80. The van der Waals surface area contributed by atoms with Gasteiger partial charge in [-0.3, -0.25) is 14.4 Å². The van der Waals surface area contributed by atoms with Crippen molar-refractivity contribution in [3.63, 3.8) is 0 Å². The van der Waals surface area contributed by atoms with E-state index in [0.717, 1.165) is 0 Å². The number of ether oxygens (including phenoxy) is 4. The van der Waals surface area contributed by atoms with E-state index in [4.69, 9.17) is 18.9 Å². The van der Waals surface area contributed by atoms with Crippen molar-refractivity contribution in [1.29, 1.82) is 0 Å². The van der Waals surface area contributed by atoms with Crippen LogP contribution in [0, 0.1) is 16.2 Å².